The van der Waals surface area contributed by atoms with Crippen molar-refractivity contribution in [3.63, 3.8) is 0 Å². The molecule has 32 heavy (non-hydrogen) atoms. The summed E-state index contributed by atoms with van der Waals surface area (Å²) in [6.07, 6.45) is 4.69. The molecule has 0 spiro atoms. The first-order valence-corrected chi connectivity index (χ1v) is 11.4. The molecule has 0 radical (unpaired) electrons. The molecule has 2 amide bonds. The molecule has 9 heteroatoms. The molecular formula is C23H22ClN3O4S. The number of carbonyl (C=O) groups is 2. The number of aryl methyl sites for hydroxylation is 2. The third-order valence-corrected chi connectivity index (χ3v) is 6.26. The number of carbonyl (C=O) groups excluding carboxylic acids is 2. The monoisotopic (exact) mass is 471 g/mol. The summed E-state index contributed by atoms with van der Waals surface area (Å²) in [7, 11) is 1.41. The number of benzene rings is 2. The molecule has 1 aromatic heterocycles. The number of nitrogens with one attached hydrogen (secondary N) is 1. The number of anilines is 1. The van der Waals surface area contributed by atoms with Crippen LogP contribution in [0.25, 0.3) is 11.3 Å². The minimum absolute atomic E-state index is 0.129. The highest BCUT2D eigenvalue weighted by Gasteiger charge is 2.18. The van der Waals surface area contributed by atoms with Gasteiger partial charge in [-0.1, -0.05) is 23.7 Å². The van der Waals surface area contributed by atoms with Crippen LogP contribution in [0.4, 0.5) is 5.13 Å². The summed E-state index contributed by atoms with van der Waals surface area (Å²) in [5, 5.41) is 5.33. The van der Waals surface area contributed by atoms with Crippen LogP contribution in [-0.2, 0) is 17.6 Å². The molecule has 1 aliphatic carbocycles. The van der Waals surface area contributed by atoms with E-state index in [-0.39, 0.29) is 28.7 Å². The van der Waals surface area contributed by atoms with Crippen molar-refractivity contribution < 1.29 is 19.1 Å². The minimum atomic E-state index is -0.650. The highest BCUT2D eigenvalue weighted by atomic mass is 35.5. The number of hydrogen-bond donors (Lipinski definition) is 2. The van der Waals surface area contributed by atoms with Gasteiger partial charge < -0.3 is 15.2 Å². The normalized spacial score (nSPS) is 12.7. The van der Waals surface area contributed by atoms with Gasteiger partial charge in [-0.3, -0.25) is 14.9 Å². The van der Waals surface area contributed by atoms with Crippen molar-refractivity contribution in [2.24, 2.45) is 5.73 Å². The van der Waals surface area contributed by atoms with E-state index in [0.29, 0.717) is 5.13 Å². The summed E-state index contributed by atoms with van der Waals surface area (Å²) in [5.74, 6) is -0.673. The van der Waals surface area contributed by atoms with Crippen molar-refractivity contribution in [1.29, 1.82) is 0 Å². The SMILES string of the molecule is COc1cc(C(=O)Nc2nc(-c3ccc4c(c3)CCCC4)cs2)cc(Cl)c1OCC(N)=O. The highest BCUT2D eigenvalue weighted by molar-refractivity contribution is 7.14. The number of aromatic nitrogens is 1. The lowest BCUT2D eigenvalue weighted by atomic mass is 9.90. The van der Waals surface area contributed by atoms with E-state index in [1.165, 1.54) is 54.5 Å². The molecule has 3 aromatic rings. The summed E-state index contributed by atoms with van der Waals surface area (Å²) in [6.45, 7) is -0.355. The number of fused-ring (bicyclic) bond motifs is 1. The zero-order valence-corrected chi connectivity index (χ0v) is 19.0. The van der Waals surface area contributed by atoms with Crippen LogP contribution >= 0.6 is 22.9 Å². The molecule has 1 aliphatic rings. The van der Waals surface area contributed by atoms with E-state index in [2.05, 4.69) is 28.5 Å². The molecule has 7 nitrogen and oxygen atoms in total. The van der Waals surface area contributed by atoms with Crippen molar-refractivity contribution in [1.82, 2.24) is 4.98 Å². The number of nitrogens with two attached hydrogens (primary N) is 1. The summed E-state index contributed by atoms with van der Waals surface area (Å²) >= 11 is 7.59. The maximum atomic E-state index is 12.8. The van der Waals surface area contributed by atoms with Gasteiger partial charge in [0.2, 0.25) is 0 Å². The first kappa shape index (κ1) is 22.1. The molecule has 0 saturated heterocycles. The molecule has 3 N–H and O–H groups in total. The van der Waals surface area contributed by atoms with Gasteiger partial charge in [0.25, 0.3) is 11.8 Å². The Morgan fingerprint density at radius 2 is 1.97 bits per heavy atom. The Hall–Kier alpha value is -3.10. The Morgan fingerprint density at radius 3 is 2.72 bits per heavy atom. The molecule has 166 valence electrons. The third-order valence-electron chi connectivity index (χ3n) is 5.22. The fourth-order valence-electron chi connectivity index (χ4n) is 3.66. The fourth-order valence-corrected chi connectivity index (χ4v) is 4.64. The standard InChI is InChI=1S/C23H22ClN3O4S/c1-30-19-10-16(9-17(24)21(19)31-11-20(25)28)22(29)27-23-26-18(12-32-23)15-7-6-13-4-2-3-5-14(13)8-15/h6-10,12H,2-5,11H2,1H3,(H2,25,28)(H,26,27,29). The maximum Gasteiger partial charge on any atom is 0.257 e. The number of hydrogen-bond acceptors (Lipinski definition) is 6. The Labute approximate surface area is 194 Å². The first-order chi connectivity index (χ1) is 15.4. The average Bonchev–Trinajstić information content (AvgIpc) is 3.25. The number of rotatable bonds is 7. The number of primary amides is 1. The van der Waals surface area contributed by atoms with Gasteiger partial charge >= 0.3 is 0 Å². The third kappa shape index (κ3) is 4.87. The topological polar surface area (TPSA) is 104 Å². The smallest absolute Gasteiger partial charge is 0.257 e. The van der Waals surface area contributed by atoms with Crippen LogP contribution in [0.15, 0.2) is 35.7 Å². The predicted molar refractivity (Wildman–Crippen MR) is 125 cm³/mol. The van der Waals surface area contributed by atoms with Crippen LogP contribution in [0.2, 0.25) is 5.02 Å². The Balaban J connectivity index is 1.50. The molecule has 0 saturated carbocycles. The van der Waals surface area contributed by atoms with Gasteiger partial charge in [-0.05, 0) is 55.0 Å². The van der Waals surface area contributed by atoms with Gasteiger partial charge in [0.05, 0.1) is 17.8 Å². The van der Waals surface area contributed by atoms with Crippen LogP contribution in [-0.4, -0.2) is 30.5 Å². The lowest BCUT2D eigenvalue weighted by Crippen LogP contribution is -2.20. The van der Waals surface area contributed by atoms with Crippen molar-refractivity contribution >= 4 is 39.9 Å². The lowest BCUT2D eigenvalue weighted by Gasteiger charge is -2.16. The zero-order chi connectivity index (χ0) is 22.7. The van der Waals surface area contributed by atoms with Crippen LogP contribution in [0.5, 0.6) is 11.5 Å². The molecule has 1 heterocycles. The Bertz CT molecular complexity index is 1180. The quantitative estimate of drug-likeness (QED) is 0.529. The number of methoxy groups -OCH3 is 1. The molecule has 0 fully saturated rings. The molecule has 0 aliphatic heterocycles. The van der Waals surface area contributed by atoms with Crippen LogP contribution in [0.1, 0.15) is 34.3 Å². The predicted octanol–water partition coefficient (Wildman–Crippen LogP) is 4.47. The van der Waals surface area contributed by atoms with E-state index < -0.39 is 11.8 Å². The first-order valence-electron chi connectivity index (χ1n) is 10.1. The summed E-state index contributed by atoms with van der Waals surface area (Å²) in [6, 6.07) is 9.38. The average molecular weight is 472 g/mol. The molecule has 2 aromatic carbocycles. The molecule has 0 atom stereocenters. The maximum absolute atomic E-state index is 12.8. The van der Waals surface area contributed by atoms with E-state index >= 15 is 0 Å². The number of nitrogens with zero attached hydrogens (tertiary/aromatic N) is 1. The minimum Gasteiger partial charge on any atom is -0.493 e. The largest absolute Gasteiger partial charge is 0.493 e. The summed E-state index contributed by atoms with van der Waals surface area (Å²) < 4.78 is 10.5. The number of thiazole rings is 1. The van der Waals surface area contributed by atoms with Gasteiger partial charge in [0.15, 0.2) is 23.2 Å². The van der Waals surface area contributed by atoms with Crippen molar-refractivity contribution in [2.45, 2.75) is 25.7 Å². The fraction of sp³-hybridized carbons (Fsp3) is 0.261. The van der Waals surface area contributed by atoms with Crippen molar-refractivity contribution in [3.05, 3.63) is 57.4 Å². The van der Waals surface area contributed by atoms with Crippen LogP contribution < -0.4 is 20.5 Å². The van der Waals surface area contributed by atoms with Gasteiger partial charge in [-0.2, -0.15) is 0 Å². The second-order valence-corrected chi connectivity index (χ2v) is 8.69. The Morgan fingerprint density at radius 1 is 1.19 bits per heavy atom. The molecule has 0 unspecified atom stereocenters. The van der Waals surface area contributed by atoms with Gasteiger partial charge in [0.1, 0.15) is 0 Å². The highest BCUT2D eigenvalue weighted by Crippen LogP contribution is 2.37. The number of amides is 2. The Kier molecular flexibility index (Phi) is 6.62. The molecular weight excluding hydrogens is 450 g/mol. The van der Waals surface area contributed by atoms with Crippen LogP contribution in [0.3, 0.4) is 0 Å². The van der Waals surface area contributed by atoms with E-state index in [9.17, 15) is 9.59 Å². The summed E-state index contributed by atoms with van der Waals surface area (Å²) in [4.78, 5) is 28.3. The second kappa shape index (κ2) is 9.58. The molecule has 4 rings (SSSR count). The molecule has 0 bridgehead atoms. The van der Waals surface area contributed by atoms with E-state index in [0.717, 1.165) is 24.1 Å². The van der Waals surface area contributed by atoms with E-state index in [1.807, 2.05) is 5.38 Å². The van der Waals surface area contributed by atoms with Gasteiger partial charge in [-0.25, -0.2) is 4.98 Å². The van der Waals surface area contributed by atoms with Gasteiger partial charge in [0, 0.05) is 16.5 Å². The van der Waals surface area contributed by atoms with Gasteiger partial charge in [-0.15, -0.1) is 11.3 Å². The number of halogens is 1. The summed E-state index contributed by atoms with van der Waals surface area (Å²) in [5.41, 5.74) is 10.0. The lowest BCUT2D eigenvalue weighted by molar-refractivity contribution is -0.119. The van der Waals surface area contributed by atoms with Crippen LogP contribution in [0, 0.1) is 0 Å². The number of ether oxygens (including phenoxy) is 2. The van der Waals surface area contributed by atoms with Crippen molar-refractivity contribution in [3.8, 4) is 22.8 Å². The zero-order valence-electron chi connectivity index (χ0n) is 17.4. The second-order valence-electron chi connectivity index (χ2n) is 7.43. The van der Waals surface area contributed by atoms with Crippen molar-refractivity contribution in [2.75, 3.05) is 19.0 Å². The van der Waals surface area contributed by atoms with E-state index in [4.69, 9.17) is 26.8 Å². The van der Waals surface area contributed by atoms with E-state index in [1.54, 1.807) is 0 Å².